The summed E-state index contributed by atoms with van der Waals surface area (Å²) in [7, 11) is 3.92. The number of imidazole rings is 2. The van der Waals surface area contributed by atoms with Gasteiger partial charge in [-0.05, 0) is 91.2 Å². The quantitative estimate of drug-likeness (QED) is 0.136. The van der Waals surface area contributed by atoms with E-state index in [0.717, 1.165) is 101 Å². The number of rotatable bonds is 11. The largest absolute Gasteiger partial charge is 0.340 e. The molecule has 0 bridgehead atoms. The predicted molar refractivity (Wildman–Crippen MR) is 232 cm³/mol. The number of hydrogen-bond donors (Lipinski definition) is 2. The molecule has 9 nitrogen and oxygen atoms in total. The maximum Gasteiger partial charge on any atom is 0.254 e. The molecule has 2 amide bonds. The van der Waals surface area contributed by atoms with Crippen LogP contribution in [0.5, 0.6) is 0 Å². The van der Waals surface area contributed by atoms with Crippen LogP contribution in [0.2, 0.25) is 0 Å². The molecular weight excluding hydrogens is 731 g/mol. The highest BCUT2D eigenvalue weighted by Gasteiger charge is 2.37. The first-order valence-electron chi connectivity index (χ1n) is 20.7. The van der Waals surface area contributed by atoms with Crippen LogP contribution in [-0.4, -0.2) is 73.6 Å². The predicted octanol–water partition coefficient (Wildman–Crippen LogP) is 9.67. The SMILES string of the molecule is CN(C)[C@@H](C(=O)N1CCC[C@H]1c1ncc(-c2ccc(-c3ccc(-c4cnc([C@@H]5CCCN5C(=O)c5ccccc5Cc5ccccc5)[nH]4)cc3)cc2)[nH]1)c1ccccc1. The van der Waals surface area contributed by atoms with Gasteiger partial charge >= 0.3 is 0 Å². The van der Waals surface area contributed by atoms with E-state index in [1.165, 1.54) is 5.56 Å². The molecule has 9 heteroatoms. The fourth-order valence-corrected chi connectivity index (χ4v) is 8.91. The molecule has 4 heterocycles. The maximum absolute atomic E-state index is 14.0. The number of aromatic nitrogens is 4. The molecule has 0 saturated carbocycles. The molecule has 2 N–H and O–H groups in total. The van der Waals surface area contributed by atoms with Crippen LogP contribution < -0.4 is 0 Å². The zero-order valence-electron chi connectivity index (χ0n) is 33.6. The van der Waals surface area contributed by atoms with E-state index >= 15 is 0 Å². The van der Waals surface area contributed by atoms with E-state index in [9.17, 15) is 9.59 Å². The second kappa shape index (κ2) is 16.7. The van der Waals surface area contributed by atoms with E-state index in [-0.39, 0.29) is 29.9 Å². The Morgan fingerprint density at radius 2 is 1.12 bits per heavy atom. The minimum absolute atomic E-state index is 0.0603. The normalized spacial score (nSPS) is 17.1. The molecule has 0 spiro atoms. The number of likely N-dealkylation sites (tertiary alicyclic amines) is 2. The summed E-state index contributed by atoms with van der Waals surface area (Å²) < 4.78 is 0. The van der Waals surface area contributed by atoms with Crippen molar-refractivity contribution in [2.75, 3.05) is 27.2 Å². The van der Waals surface area contributed by atoms with Crippen molar-refractivity contribution in [2.24, 2.45) is 0 Å². The third kappa shape index (κ3) is 7.86. The highest BCUT2D eigenvalue weighted by Crippen LogP contribution is 2.37. The lowest BCUT2D eigenvalue weighted by Gasteiger charge is -2.31. The van der Waals surface area contributed by atoms with Crippen molar-refractivity contribution >= 4 is 11.8 Å². The van der Waals surface area contributed by atoms with Crippen molar-refractivity contribution in [3.8, 4) is 33.6 Å². The Kier molecular flexibility index (Phi) is 10.8. The second-order valence-electron chi connectivity index (χ2n) is 16.0. The molecule has 296 valence electrons. The first-order chi connectivity index (χ1) is 28.9. The molecule has 59 heavy (non-hydrogen) atoms. The molecular formula is C50H49N7O2. The van der Waals surface area contributed by atoms with Gasteiger partial charge in [0, 0.05) is 18.7 Å². The van der Waals surface area contributed by atoms with Gasteiger partial charge in [0.25, 0.3) is 5.91 Å². The topological polar surface area (TPSA) is 101 Å². The Labute approximate surface area is 345 Å². The molecule has 2 aliphatic rings. The lowest BCUT2D eigenvalue weighted by molar-refractivity contribution is -0.137. The molecule has 0 radical (unpaired) electrons. The number of H-pyrrole nitrogens is 2. The van der Waals surface area contributed by atoms with Gasteiger partial charge in [-0.3, -0.25) is 14.5 Å². The summed E-state index contributed by atoms with van der Waals surface area (Å²) in [5.41, 5.74) is 10.2. The molecule has 2 aromatic heterocycles. The molecule has 2 fully saturated rings. The lowest BCUT2D eigenvalue weighted by atomic mass is 9.98. The zero-order valence-corrected chi connectivity index (χ0v) is 33.6. The van der Waals surface area contributed by atoms with Crippen LogP contribution >= 0.6 is 0 Å². The summed E-state index contributed by atoms with van der Waals surface area (Å²) in [4.78, 5) is 50.6. The summed E-state index contributed by atoms with van der Waals surface area (Å²) in [6.45, 7) is 1.43. The van der Waals surface area contributed by atoms with Gasteiger partial charge in [0.05, 0.1) is 35.9 Å². The maximum atomic E-state index is 14.0. The second-order valence-corrected chi connectivity index (χ2v) is 16.0. The van der Waals surface area contributed by atoms with Crippen LogP contribution in [0.3, 0.4) is 0 Å². The van der Waals surface area contributed by atoms with Crippen LogP contribution in [0.15, 0.2) is 146 Å². The first kappa shape index (κ1) is 38.0. The van der Waals surface area contributed by atoms with Gasteiger partial charge in [0.15, 0.2) is 0 Å². The molecule has 2 saturated heterocycles. The van der Waals surface area contributed by atoms with Gasteiger partial charge in [-0.25, -0.2) is 9.97 Å². The summed E-state index contributed by atoms with van der Waals surface area (Å²) in [5.74, 6) is 1.82. The highest BCUT2D eigenvalue weighted by atomic mass is 16.2. The number of nitrogens with zero attached hydrogens (tertiary/aromatic N) is 5. The van der Waals surface area contributed by atoms with Gasteiger partial charge in [0.1, 0.15) is 17.7 Å². The molecule has 9 rings (SSSR count). The minimum Gasteiger partial charge on any atom is -0.340 e. The van der Waals surface area contributed by atoms with E-state index in [1.54, 1.807) is 0 Å². The summed E-state index contributed by atoms with van der Waals surface area (Å²) in [6.07, 6.45) is 8.12. The number of nitrogens with one attached hydrogen (secondary N) is 2. The third-order valence-electron chi connectivity index (χ3n) is 11.9. The van der Waals surface area contributed by atoms with Crippen LogP contribution in [-0.2, 0) is 11.2 Å². The van der Waals surface area contributed by atoms with E-state index in [0.29, 0.717) is 6.54 Å². The molecule has 2 aliphatic heterocycles. The highest BCUT2D eigenvalue weighted by molar-refractivity contribution is 5.96. The van der Waals surface area contributed by atoms with Gasteiger partial charge in [0.2, 0.25) is 5.91 Å². The number of likely N-dealkylation sites (N-methyl/N-ethyl adjacent to an activating group) is 1. The van der Waals surface area contributed by atoms with Crippen molar-refractivity contribution in [3.05, 3.63) is 180 Å². The van der Waals surface area contributed by atoms with Crippen molar-refractivity contribution in [3.63, 3.8) is 0 Å². The van der Waals surface area contributed by atoms with Gasteiger partial charge in [-0.2, -0.15) is 0 Å². The van der Waals surface area contributed by atoms with Crippen LogP contribution in [0, 0.1) is 0 Å². The average Bonchev–Trinajstić information content (AvgIpc) is 4.12. The monoisotopic (exact) mass is 779 g/mol. The van der Waals surface area contributed by atoms with Crippen molar-refractivity contribution in [1.82, 2.24) is 34.6 Å². The summed E-state index contributed by atoms with van der Waals surface area (Å²) in [6, 6.07) is 44.8. The van der Waals surface area contributed by atoms with Crippen LogP contribution in [0.1, 0.15) is 82.5 Å². The molecule has 5 aromatic carbocycles. The van der Waals surface area contributed by atoms with Crippen molar-refractivity contribution < 1.29 is 9.59 Å². The fraction of sp³-hybridized carbons (Fsp3) is 0.240. The van der Waals surface area contributed by atoms with E-state index in [4.69, 9.17) is 9.97 Å². The smallest absolute Gasteiger partial charge is 0.254 e. The van der Waals surface area contributed by atoms with Gasteiger partial charge in [-0.15, -0.1) is 0 Å². The Bertz CT molecular complexity index is 2530. The number of carbonyl (C=O) groups is 2. The molecule has 3 atom stereocenters. The Morgan fingerprint density at radius 1 is 0.627 bits per heavy atom. The lowest BCUT2D eigenvalue weighted by Crippen LogP contribution is -2.40. The average molecular weight is 780 g/mol. The number of hydrogen-bond acceptors (Lipinski definition) is 5. The molecule has 7 aromatic rings. The fourth-order valence-electron chi connectivity index (χ4n) is 8.91. The Balaban J connectivity index is 0.857. The standard InChI is InChI=1S/C50H49N7O2/c1-55(2)46(39-15-7-4-8-16-39)50(59)57-30-12-20-45(57)48-52-33-43(54-48)38-27-23-36(24-28-38)35-21-25-37(26-22-35)42-32-51-47(53-42)44-19-11-29-56(44)49(58)41-18-10-9-17-40(41)31-34-13-5-3-6-14-34/h3-10,13-18,21-28,32-33,44-46H,11-12,19-20,29-31H2,1-2H3,(H,51,53)(H,52,54)/t44-,45-,46+/m0/s1. The van der Waals surface area contributed by atoms with Crippen molar-refractivity contribution in [2.45, 2.75) is 50.2 Å². The van der Waals surface area contributed by atoms with Crippen molar-refractivity contribution in [1.29, 1.82) is 0 Å². The number of amides is 2. The number of aromatic amines is 2. The van der Waals surface area contributed by atoms with E-state index in [2.05, 4.69) is 76.7 Å². The van der Waals surface area contributed by atoms with Crippen LogP contribution in [0.4, 0.5) is 0 Å². The Morgan fingerprint density at radius 3 is 1.69 bits per heavy atom. The third-order valence-corrected chi connectivity index (χ3v) is 11.9. The Hall–Kier alpha value is -6.58. The summed E-state index contributed by atoms with van der Waals surface area (Å²) >= 11 is 0. The van der Waals surface area contributed by atoms with E-state index in [1.807, 2.05) is 108 Å². The molecule has 0 aliphatic carbocycles. The van der Waals surface area contributed by atoms with Gasteiger partial charge in [-0.1, -0.05) is 127 Å². The molecule has 0 unspecified atom stereocenters. The minimum atomic E-state index is -0.343. The number of carbonyl (C=O) groups excluding carboxylic acids is 2. The van der Waals surface area contributed by atoms with Gasteiger partial charge < -0.3 is 19.8 Å². The zero-order chi connectivity index (χ0) is 40.3. The first-order valence-corrected chi connectivity index (χ1v) is 20.7. The van der Waals surface area contributed by atoms with E-state index < -0.39 is 0 Å². The van der Waals surface area contributed by atoms with Crippen LogP contribution in [0.25, 0.3) is 33.6 Å². The number of benzene rings is 5. The summed E-state index contributed by atoms with van der Waals surface area (Å²) in [5, 5.41) is 0.